The highest BCUT2D eigenvalue weighted by molar-refractivity contribution is 8.04. The highest BCUT2D eigenvalue weighted by atomic mass is 32.2. The monoisotopic (exact) mass is 371 g/mol. The van der Waals surface area contributed by atoms with Crippen LogP contribution < -0.4 is 0 Å². The van der Waals surface area contributed by atoms with E-state index in [4.69, 9.17) is 0 Å². The third-order valence-corrected chi connectivity index (χ3v) is 7.04. The molecule has 0 aliphatic heterocycles. The summed E-state index contributed by atoms with van der Waals surface area (Å²) in [6, 6.07) is 3.59. The van der Waals surface area contributed by atoms with Crippen LogP contribution in [0.15, 0.2) is 18.3 Å². The summed E-state index contributed by atoms with van der Waals surface area (Å²) in [7, 11) is -4.30. The highest BCUT2D eigenvalue weighted by Crippen LogP contribution is 2.58. The van der Waals surface area contributed by atoms with Crippen LogP contribution >= 0.6 is 19.4 Å². The van der Waals surface area contributed by atoms with Crippen molar-refractivity contribution in [1.82, 2.24) is 14.6 Å². The maximum absolute atomic E-state index is 12.1. The van der Waals surface area contributed by atoms with E-state index in [1.165, 1.54) is 11.8 Å². The van der Waals surface area contributed by atoms with Gasteiger partial charge in [-0.15, -0.1) is 11.8 Å². The van der Waals surface area contributed by atoms with Gasteiger partial charge in [-0.2, -0.15) is 5.10 Å². The van der Waals surface area contributed by atoms with E-state index in [-0.39, 0.29) is 0 Å². The predicted octanol–water partition coefficient (Wildman–Crippen LogP) is 4.17. The van der Waals surface area contributed by atoms with Crippen LogP contribution in [0.25, 0.3) is 5.65 Å². The largest absolute Gasteiger partial charge is 0.344 e. The Labute approximate surface area is 147 Å². The Morgan fingerprint density at radius 3 is 2.67 bits per heavy atom. The van der Waals surface area contributed by atoms with Gasteiger partial charge in [-0.1, -0.05) is 33.1 Å². The molecule has 0 radical (unpaired) electrons. The van der Waals surface area contributed by atoms with Crippen molar-refractivity contribution < 1.29 is 14.4 Å². The Hall–Kier alpha value is -0.880. The van der Waals surface area contributed by atoms with Crippen molar-refractivity contribution in [3.8, 4) is 0 Å². The van der Waals surface area contributed by atoms with E-state index < -0.39 is 12.6 Å². The lowest BCUT2D eigenvalue weighted by Gasteiger charge is -2.20. The molecule has 0 spiro atoms. The van der Waals surface area contributed by atoms with Gasteiger partial charge in [0.1, 0.15) is 4.99 Å². The smallest absolute Gasteiger partial charge is 0.323 e. The zero-order chi connectivity index (χ0) is 17.6. The van der Waals surface area contributed by atoms with Crippen LogP contribution in [-0.2, 0) is 11.0 Å². The molecule has 24 heavy (non-hydrogen) atoms. The van der Waals surface area contributed by atoms with Gasteiger partial charge >= 0.3 is 7.60 Å². The van der Waals surface area contributed by atoms with Crippen molar-refractivity contribution in [2.24, 2.45) is 0 Å². The molecule has 0 aliphatic carbocycles. The van der Waals surface area contributed by atoms with E-state index in [9.17, 15) is 14.4 Å². The number of fused-ring (bicyclic) bond motifs is 1. The third kappa shape index (κ3) is 5.06. The van der Waals surface area contributed by atoms with Crippen molar-refractivity contribution in [2.75, 3.05) is 5.75 Å². The van der Waals surface area contributed by atoms with Gasteiger partial charge in [-0.3, -0.25) is 4.57 Å². The van der Waals surface area contributed by atoms with Crippen LogP contribution in [0.4, 0.5) is 0 Å². The van der Waals surface area contributed by atoms with Crippen LogP contribution in [-0.4, -0.2) is 30.1 Å². The number of thioether (sulfide) groups is 1. The van der Waals surface area contributed by atoms with Crippen molar-refractivity contribution in [3.05, 3.63) is 29.7 Å². The Bertz CT molecular complexity index is 701. The molecule has 2 heterocycles. The van der Waals surface area contributed by atoms with Crippen LogP contribution in [0.3, 0.4) is 0 Å². The fraction of sp³-hybridized carbons (Fsp3) is 0.625. The van der Waals surface area contributed by atoms with Crippen LogP contribution in [0.5, 0.6) is 0 Å². The molecule has 0 saturated heterocycles. The zero-order valence-electron chi connectivity index (χ0n) is 14.3. The molecule has 0 fully saturated rings. The van der Waals surface area contributed by atoms with E-state index in [1.54, 1.807) is 16.8 Å². The van der Waals surface area contributed by atoms with Gasteiger partial charge in [0.25, 0.3) is 0 Å². The van der Waals surface area contributed by atoms with E-state index >= 15 is 0 Å². The zero-order valence-corrected chi connectivity index (χ0v) is 16.0. The molecule has 1 atom stereocenters. The first-order valence-electron chi connectivity index (χ1n) is 8.47. The van der Waals surface area contributed by atoms with Crippen molar-refractivity contribution >= 4 is 25.0 Å². The highest BCUT2D eigenvalue weighted by Gasteiger charge is 2.33. The Morgan fingerprint density at radius 2 is 2.00 bits per heavy atom. The summed E-state index contributed by atoms with van der Waals surface area (Å²) in [5.41, 5.74) is 2.06. The molecule has 2 aromatic rings. The number of unbranched alkanes of at least 4 members (excludes halogenated alkanes) is 3. The molecule has 134 valence electrons. The molecule has 2 aromatic heterocycles. The normalized spacial score (nSPS) is 13.5. The molecular formula is C16H26N3O3PS. The molecule has 0 saturated carbocycles. The number of aryl methyl sites for hydroxylation is 1. The second-order valence-electron chi connectivity index (χ2n) is 5.90. The fourth-order valence-corrected chi connectivity index (χ4v) is 5.11. The quantitative estimate of drug-likeness (QED) is 0.481. The minimum absolute atomic E-state index is 0.547. The van der Waals surface area contributed by atoms with Crippen LogP contribution in [0.2, 0.25) is 0 Å². The number of nitrogens with zero attached hydrogens (tertiary/aromatic N) is 3. The standard InChI is InChI=1S/C16H26N3O3PS/c1-3-5-7-11-24-16(23(20,21)22)14-12-13(8-6-4-2)18-15-9-10-17-19(14)15/h9-10,12,16H,3-8,11H2,1-2H3,(H2,20,21,22). The maximum atomic E-state index is 12.1. The lowest BCUT2D eigenvalue weighted by Crippen LogP contribution is -2.08. The second kappa shape index (κ2) is 8.99. The predicted molar refractivity (Wildman–Crippen MR) is 98.4 cm³/mol. The van der Waals surface area contributed by atoms with Gasteiger partial charge in [-0.25, -0.2) is 9.50 Å². The summed E-state index contributed by atoms with van der Waals surface area (Å²) >= 11 is 1.32. The molecule has 0 aliphatic rings. The third-order valence-electron chi connectivity index (χ3n) is 3.81. The average Bonchev–Trinajstić information content (AvgIpc) is 2.99. The van der Waals surface area contributed by atoms with Crippen molar-refractivity contribution in [2.45, 2.75) is 57.4 Å². The molecule has 8 heteroatoms. The topological polar surface area (TPSA) is 87.7 Å². The molecule has 6 nitrogen and oxygen atoms in total. The molecule has 2 rings (SSSR count). The number of rotatable bonds is 10. The summed E-state index contributed by atoms with van der Waals surface area (Å²) in [4.78, 5) is 23.4. The number of hydrogen-bond donors (Lipinski definition) is 2. The molecule has 0 aromatic carbocycles. The molecule has 1 unspecified atom stereocenters. The van der Waals surface area contributed by atoms with Crippen LogP contribution in [0.1, 0.15) is 62.3 Å². The molecule has 0 bridgehead atoms. The van der Waals surface area contributed by atoms with E-state index in [2.05, 4.69) is 23.9 Å². The molecular weight excluding hydrogens is 345 g/mol. The first kappa shape index (κ1) is 19.4. The van der Waals surface area contributed by atoms with E-state index in [0.29, 0.717) is 11.3 Å². The van der Waals surface area contributed by atoms with Gasteiger partial charge in [0.05, 0.1) is 11.9 Å². The fourth-order valence-electron chi connectivity index (χ4n) is 2.55. The summed E-state index contributed by atoms with van der Waals surface area (Å²) in [6.07, 6.45) is 7.58. The average molecular weight is 371 g/mol. The minimum atomic E-state index is -4.30. The number of aromatic nitrogens is 3. The van der Waals surface area contributed by atoms with Gasteiger partial charge < -0.3 is 9.79 Å². The Kier molecular flexibility index (Phi) is 7.29. The summed E-state index contributed by atoms with van der Waals surface area (Å²) in [5.74, 6) is 0.721. The lowest BCUT2D eigenvalue weighted by atomic mass is 10.2. The first-order valence-corrected chi connectivity index (χ1v) is 11.2. The van der Waals surface area contributed by atoms with Crippen LogP contribution in [0, 0.1) is 0 Å². The Balaban J connectivity index is 2.36. The molecule has 2 N–H and O–H groups in total. The minimum Gasteiger partial charge on any atom is -0.323 e. The maximum Gasteiger partial charge on any atom is 0.344 e. The van der Waals surface area contributed by atoms with E-state index in [0.717, 1.165) is 50.0 Å². The molecule has 0 amide bonds. The second-order valence-corrected chi connectivity index (χ2v) is 9.15. The van der Waals surface area contributed by atoms with Gasteiger partial charge in [-0.05, 0) is 31.1 Å². The van der Waals surface area contributed by atoms with Gasteiger partial charge in [0.2, 0.25) is 0 Å². The Morgan fingerprint density at radius 1 is 1.25 bits per heavy atom. The van der Waals surface area contributed by atoms with Crippen molar-refractivity contribution in [3.63, 3.8) is 0 Å². The summed E-state index contributed by atoms with van der Waals surface area (Å²) < 4.78 is 13.7. The summed E-state index contributed by atoms with van der Waals surface area (Å²) in [5, 5.41) is 4.22. The SMILES string of the molecule is CCCCCSC(c1cc(CCCC)nc2ccnn12)P(=O)(O)O. The van der Waals surface area contributed by atoms with Gasteiger partial charge in [0, 0.05) is 11.8 Å². The number of hydrogen-bond acceptors (Lipinski definition) is 4. The van der Waals surface area contributed by atoms with Gasteiger partial charge in [0.15, 0.2) is 5.65 Å². The first-order chi connectivity index (χ1) is 11.5. The summed E-state index contributed by atoms with van der Waals surface area (Å²) in [6.45, 7) is 4.22. The lowest BCUT2D eigenvalue weighted by molar-refractivity contribution is 0.369. The van der Waals surface area contributed by atoms with E-state index in [1.807, 2.05) is 6.07 Å². The van der Waals surface area contributed by atoms with Crippen molar-refractivity contribution in [1.29, 1.82) is 0 Å².